The van der Waals surface area contributed by atoms with Gasteiger partial charge >= 0.3 is 12.2 Å². The molecule has 2 saturated heterocycles. The van der Waals surface area contributed by atoms with Gasteiger partial charge in [-0.05, 0) is 108 Å². The summed E-state index contributed by atoms with van der Waals surface area (Å²) >= 11 is 0. The highest BCUT2D eigenvalue weighted by molar-refractivity contribution is 6.05. The van der Waals surface area contributed by atoms with Gasteiger partial charge in [0.25, 0.3) is 5.91 Å². The van der Waals surface area contributed by atoms with Crippen LogP contribution in [0.4, 0.5) is 9.59 Å². The molecule has 4 amide bonds. The molecule has 10 heteroatoms. The van der Waals surface area contributed by atoms with E-state index >= 15 is 0 Å². The third kappa shape index (κ3) is 14.2. The molecular formula is C52H70N4O6. The van der Waals surface area contributed by atoms with Gasteiger partial charge in [0, 0.05) is 44.9 Å². The number of carbonyl (C=O) groups excluding carboxylic acids is 4. The van der Waals surface area contributed by atoms with Crippen LogP contribution in [-0.4, -0.2) is 102 Å². The lowest BCUT2D eigenvalue weighted by molar-refractivity contribution is -0.131. The van der Waals surface area contributed by atoms with E-state index in [1.165, 1.54) is 15.4 Å². The van der Waals surface area contributed by atoms with Gasteiger partial charge in [0.05, 0.1) is 12.0 Å². The molecule has 334 valence electrons. The van der Waals surface area contributed by atoms with Gasteiger partial charge in [-0.3, -0.25) is 9.59 Å². The van der Waals surface area contributed by atoms with Gasteiger partial charge < -0.3 is 19.3 Å². The summed E-state index contributed by atoms with van der Waals surface area (Å²) in [6, 6.07) is 36.6. The number of rotatable bonds is 9. The molecule has 0 aromatic heterocycles. The molecule has 0 saturated carbocycles. The highest BCUT2D eigenvalue weighted by Gasteiger charge is 2.45. The van der Waals surface area contributed by atoms with E-state index < -0.39 is 23.4 Å². The summed E-state index contributed by atoms with van der Waals surface area (Å²) in [5.41, 5.74) is 6.12. The second-order valence-corrected chi connectivity index (χ2v) is 18.2. The van der Waals surface area contributed by atoms with E-state index in [-0.39, 0.29) is 44.7 Å². The zero-order chi connectivity index (χ0) is 43.8. The van der Waals surface area contributed by atoms with Gasteiger partial charge in [-0.2, -0.15) is 0 Å². The lowest BCUT2D eigenvalue weighted by Gasteiger charge is -2.27. The molecule has 2 heterocycles. The van der Waals surface area contributed by atoms with E-state index in [4.69, 9.17) is 9.47 Å². The number of hydrogen-bond acceptors (Lipinski definition) is 8. The van der Waals surface area contributed by atoms with Crippen LogP contribution in [0.2, 0.25) is 0 Å². The Balaban J connectivity index is 0.000000320. The molecule has 0 aliphatic carbocycles. The van der Waals surface area contributed by atoms with E-state index in [0.717, 1.165) is 27.8 Å². The fraction of sp³-hybridized carbons (Fsp3) is 0.423. The van der Waals surface area contributed by atoms with Gasteiger partial charge in [-0.25, -0.2) is 19.4 Å². The quantitative estimate of drug-likeness (QED) is 0.154. The average Bonchev–Trinajstić information content (AvgIpc) is 3.64. The number of nitrogens with zero attached hydrogens (tertiary/aromatic N) is 4. The number of likely N-dealkylation sites (tertiary alicyclic amines) is 2. The second kappa shape index (κ2) is 21.9. The molecule has 2 aliphatic rings. The topological polar surface area (TPSA) is 99.7 Å². The summed E-state index contributed by atoms with van der Waals surface area (Å²) in [5.74, 6) is -0.603. The first-order chi connectivity index (χ1) is 28.3. The number of amides is 4. The van der Waals surface area contributed by atoms with E-state index in [2.05, 4.69) is 72.8 Å². The Morgan fingerprint density at radius 3 is 1.42 bits per heavy atom. The number of imide groups is 2. The number of hydrogen-bond donors (Lipinski definition) is 0. The van der Waals surface area contributed by atoms with E-state index in [0.29, 0.717) is 37.8 Å². The Morgan fingerprint density at radius 1 is 0.613 bits per heavy atom. The minimum Gasteiger partial charge on any atom is -0.443 e. The van der Waals surface area contributed by atoms with Crippen LogP contribution in [0.5, 0.6) is 0 Å². The maximum atomic E-state index is 13.0. The van der Waals surface area contributed by atoms with Crippen molar-refractivity contribution in [3.63, 3.8) is 0 Å². The van der Waals surface area contributed by atoms with Crippen LogP contribution in [-0.2, 0) is 31.9 Å². The summed E-state index contributed by atoms with van der Waals surface area (Å²) in [5, 5.41) is 0. The molecule has 0 radical (unpaired) electrons. The normalized spacial score (nSPS) is 18.1. The largest absolute Gasteiger partial charge is 0.443 e. The Hall–Kier alpha value is -5.74. The summed E-state index contributed by atoms with van der Waals surface area (Å²) in [4.78, 5) is 58.0. The molecule has 62 heavy (non-hydrogen) atoms. The van der Waals surface area contributed by atoms with E-state index in [9.17, 15) is 19.2 Å². The maximum absolute atomic E-state index is 13.0. The van der Waals surface area contributed by atoms with Gasteiger partial charge in [0.15, 0.2) is 0 Å². The predicted molar refractivity (Wildman–Crippen MR) is 251 cm³/mol. The van der Waals surface area contributed by atoms with Crippen molar-refractivity contribution in [3.8, 4) is 22.3 Å². The molecule has 6 rings (SSSR count). The number of benzene rings is 4. The fourth-order valence-electron chi connectivity index (χ4n) is 7.58. The van der Waals surface area contributed by atoms with Crippen molar-refractivity contribution >= 4 is 24.0 Å². The summed E-state index contributed by atoms with van der Waals surface area (Å²) in [6.07, 6.45) is 3.04. The lowest BCUT2D eigenvalue weighted by atomic mass is 9.97. The zero-order valence-electron chi connectivity index (χ0n) is 37.0. The Bertz CT molecular complexity index is 2100. The van der Waals surface area contributed by atoms with Crippen molar-refractivity contribution in [1.82, 2.24) is 19.6 Å². The Kier molecular flexibility index (Phi) is 17.9. The highest BCUT2D eigenvalue weighted by atomic mass is 16.6. The van der Waals surface area contributed by atoms with Gasteiger partial charge in [-0.1, -0.05) is 124 Å². The van der Waals surface area contributed by atoms with Crippen molar-refractivity contribution in [3.05, 3.63) is 132 Å². The Morgan fingerprint density at radius 2 is 1.02 bits per heavy atom. The third-order valence-corrected chi connectivity index (χ3v) is 10.1. The summed E-state index contributed by atoms with van der Waals surface area (Å²) in [7, 11) is 7.63. The molecule has 10 nitrogen and oxygen atoms in total. The summed E-state index contributed by atoms with van der Waals surface area (Å²) < 4.78 is 11.1. The number of carbonyl (C=O) groups is 4. The predicted octanol–water partition coefficient (Wildman–Crippen LogP) is 10.8. The highest BCUT2D eigenvalue weighted by Crippen LogP contribution is 2.32. The standard InChI is InChI=1S/C25H32N2O3.C25H30N2O3.2CH4/c2*1-25(2,3)30-24(29)27-22(16-21(23(27)28)17-26(4)5)15-18-11-13-20(14-12-18)19-9-7-6-8-10-19;;/h6-14,21-22H,15-17H2,1-5H3;6-14,17,22H,15-16H2,1-5H3;2*1H4/t21?,22-;22-;;/m11../s1. The lowest BCUT2D eigenvalue weighted by Crippen LogP contribution is -2.44. The van der Waals surface area contributed by atoms with Crippen LogP contribution < -0.4 is 0 Å². The van der Waals surface area contributed by atoms with Gasteiger partial charge in [0.1, 0.15) is 11.2 Å². The van der Waals surface area contributed by atoms with Crippen molar-refractivity contribution in [1.29, 1.82) is 0 Å². The van der Waals surface area contributed by atoms with Crippen LogP contribution in [0.15, 0.2) is 121 Å². The van der Waals surface area contributed by atoms with Crippen molar-refractivity contribution in [2.75, 3.05) is 34.7 Å². The smallest absolute Gasteiger partial charge is 0.417 e. The zero-order valence-corrected chi connectivity index (χ0v) is 37.0. The molecule has 2 fully saturated rings. The van der Waals surface area contributed by atoms with Crippen LogP contribution in [0.25, 0.3) is 22.3 Å². The summed E-state index contributed by atoms with van der Waals surface area (Å²) in [6.45, 7) is 11.5. The van der Waals surface area contributed by atoms with Crippen molar-refractivity contribution in [2.24, 2.45) is 5.92 Å². The average molecular weight is 847 g/mol. The van der Waals surface area contributed by atoms with Gasteiger partial charge in [0.2, 0.25) is 5.91 Å². The van der Waals surface area contributed by atoms with Crippen LogP contribution in [0, 0.1) is 5.92 Å². The molecule has 2 aliphatic heterocycles. The third-order valence-electron chi connectivity index (χ3n) is 10.1. The van der Waals surface area contributed by atoms with Crippen molar-refractivity contribution < 1.29 is 28.7 Å². The van der Waals surface area contributed by atoms with Crippen LogP contribution in [0.1, 0.15) is 80.4 Å². The minimum absolute atomic E-state index is 0. The van der Waals surface area contributed by atoms with E-state index in [1.54, 1.807) is 27.0 Å². The SMILES string of the molecule is C.C.CN(C)C=C1C[C@@H](Cc2ccc(-c3ccccc3)cc2)N(C(=O)OC(C)(C)C)C1=O.CN(C)CC1C[C@@H](Cc2ccc(-c3ccccc3)cc2)N(C(=O)OC(C)(C)C)C1=O. The van der Waals surface area contributed by atoms with Crippen LogP contribution in [0.3, 0.4) is 0 Å². The molecule has 4 aromatic rings. The molecule has 0 bridgehead atoms. The number of ether oxygens (including phenoxy) is 2. The van der Waals surface area contributed by atoms with Gasteiger partial charge in [-0.15, -0.1) is 0 Å². The van der Waals surface area contributed by atoms with Crippen LogP contribution >= 0.6 is 0 Å². The minimum atomic E-state index is -0.659. The second-order valence-electron chi connectivity index (χ2n) is 18.2. The molecule has 0 N–H and O–H groups in total. The maximum Gasteiger partial charge on any atom is 0.417 e. The first kappa shape index (κ1) is 50.6. The Labute approximate surface area is 371 Å². The molecule has 3 atom stereocenters. The first-order valence-corrected chi connectivity index (χ1v) is 20.7. The van der Waals surface area contributed by atoms with Crippen molar-refractivity contribution in [2.45, 2.75) is 105 Å². The molecular weight excluding hydrogens is 777 g/mol. The monoisotopic (exact) mass is 847 g/mol. The van der Waals surface area contributed by atoms with E-state index in [1.807, 2.05) is 95.2 Å². The molecule has 4 aromatic carbocycles. The molecule has 0 spiro atoms. The first-order valence-electron chi connectivity index (χ1n) is 20.7. The molecule has 1 unspecified atom stereocenters. The fourth-order valence-corrected chi connectivity index (χ4v) is 7.58.